The minimum atomic E-state index is -0.0453. The second-order valence-electron chi connectivity index (χ2n) is 4.14. The summed E-state index contributed by atoms with van der Waals surface area (Å²) in [4.78, 5) is 2.23. The molecule has 0 atom stereocenters. The van der Waals surface area contributed by atoms with Crippen molar-refractivity contribution in [2.45, 2.75) is 18.9 Å². The lowest BCUT2D eigenvalue weighted by molar-refractivity contribution is 0.0295. The van der Waals surface area contributed by atoms with Crippen LogP contribution in [0.2, 0.25) is 0 Å². The molecular formula is C10H20N2O. The molecule has 1 fully saturated rings. The predicted octanol–water partition coefficient (Wildman–Crippen LogP) is 0.204. The number of aliphatic hydroxyl groups is 1. The van der Waals surface area contributed by atoms with Crippen molar-refractivity contribution in [3.63, 3.8) is 0 Å². The summed E-state index contributed by atoms with van der Waals surface area (Å²) >= 11 is 0. The van der Waals surface area contributed by atoms with E-state index in [1.165, 1.54) is 0 Å². The van der Waals surface area contributed by atoms with E-state index in [0.29, 0.717) is 12.5 Å². The van der Waals surface area contributed by atoms with Crippen molar-refractivity contribution >= 4 is 0 Å². The van der Waals surface area contributed by atoms with E-state index in [-0.39, 0.29) is 6.10 Å². The summed E-state index contributed by atoms with van der Waals surface area (Å²) in [5.74, 6) is 0.672. The van der Waals surface area contributed by atoms with Gasteiger partial charge < -0.3 is 15.7 Å². The minimum absolute atomic E-state index is 0.0453. The van der Waals surface area contributed by atoms with Crippen molar-refractivity contribution in [3.8, 4) is 0 Å². The van der Waals surface area contributed by atoms with Gasteiger partial charge in [0.2, 0.25) is 0 Å². The summed E-state index contributed by atoms with van der Waals surface area (Å²) < 4.78 is 0. The fraction of sp³-hybridized carbons (Fsp3) is 0.800. The molecule has 0 amide bonds. The van der Waals surface area contributed by atoms with E-state index in [4.69, 9.17) is 10.8 Å². The lowest BCUT2D eigenvalue weighted by Gasteiger charge is -2.34. The highest BCUT2D eigenvalue weighted by molar-refractivity contribution is 4.98. The maximum atomic E-state index is 9.10. The minimum Gasteiger partial charge on any atom is -0.393 e. The average Bonchev–Trinajstić information content (AvgIpc) is 2.01. The molecule has 0 aliphatic heterocycles. The van der Waals surface area contributed by atoms with Gasteiger partial charge in [-0.25, -0.2) is 0 Å². The molecule has 0 aromatic rings. The molecule has 0 aromatic heterocycles. The monoisotopic (exact) mass is 184 g/mol. The third-order valence-corrected chi connectivity index (χ3v) is 2.56. The molecular weight excluding hydrogens is 164 g/mol. The number of likely N-dealkylation sites (N-methyl/N-ethyl adjacent to an activating group) is 1. The lowest BCUT2D eigenvalue weighted by Crippen LogP contribution is -2.38. The standard InChI is InChI=1S/C10H20N2O/c1-8(5-11)6-12(2)7-9-3-10(13)4-9/h9-10,13H,1,3-7,11H2,2H3. The van der Waals surface area contributed by atoms with Gasteiger partial charge in [0.15, 0.2) is 0 Å². The van der Waals surface area contributed by atoms with Crippen LogP contribution in [0, 0.1) is 5.92 Å². The number of aliphatic hydroxyl groups excluding tert-OH is 1. The van der Waals surface area contributed by atoms with Gasteiger partial charge in [0.25, 0.3) is 0 Å². The third kappa shape index (κ3) is 3.46. The highest BCUT2D eigenvalue weighted by atomic mass is 16.3. The molecule has 1 aliphatic carbocycles. The van der Waals surface area contributed by atoms with Gasteiger partial charge >= 0.3 is 0 Å². The Bertz CT molecular complexity index is 176. The van der Waals surface area contributed by atoms with Crippen LogP contribution < -0.4 is 5.73 Å². The van der Waals surface area contributed by atoms with Crippen LogP contribution in [0.3, 0.4) is 0 Å². The van der Waals surface area contributed by atoms with Crippen LogP contribution in [0.4, 0.5) is 0 Å². The van der Waals surface area contributed by atoms with E-state index in [0.717, 1.165) is 31.5 Å². The smallest absolute Gasteiger partial charge is 0.0546 e. The van der Waals surface area contributed by atoms with E-state index in [1.54, 1.807) is 0 Å². The number of hydrogen-bond acceptors (Lipinski definition) is 3. The van der Waals surface area contributed by atoms with Gasteiger partial charge in [-0.15, -0.1) is 0 Å². The molecule has 1 saturated carbocycles. The van der Waals surface area contributed by atoms with Crippen LogP contribution in [0.5, 0.6) is 0 Å². The molecule has 0 saturated heterocycles. The van der Waals surface area contributed by atoms with Crippen LogP contribution >= 0.6 is 0 Å². The van der Waals surface area contributed by atoms with Gasteiger partial charge in [-0.1, -0.05) is 6.58 Å². The SMILES string of the molecule is C=C(CN)CN(C)CC1CC(O)C1. The first-order valence-electron chi connectivity index (χ1n) is 4.85. The maximum Gasteiger partial charge on any atom is 0.0546 e. The fourth-order valence-electron chi connectivity index (χ4n) is 1.80. The number of nitrogens with zero attached hydrogens (tertiary/aromatic N) is 1. The zero-order valence-corrected chi connectivity index (χ0v) is 8.37. The molecule has 3 N–H and O–H groups in total. The quantitative estimate of drug-likeness (QED) is 0.600. The largest absolute Gasteiger partial charge is 0.393 e. The summed E-state index contributed by atoms with van der Waals surface area (Å²) in [6.45, 7) is 6.36. The van der Waals surface area contributed by atoms with Crippen LogP contribution in [0.15, 0.2) is 12.2 Å². The van der Waals surface area contributed by atoms with E-state index in [2.05, 4.69) is 18.5 Å². The maximum absolute atomic E-state index is 9.10. The van der Waals surface area contributed by atoms with Crippen molar-refractivity contribution in [2.75, 3.05) is 26.7 Å². The van der Waals surface area contributed by atoms with E-state index >= 15 is 0 Å². The van der Waals surface area contributed by atoms with Gasteiger partial charge in [0, 0.05) is 19.6 Å². The van der Waals surface area contributed by atoms with Crippen molar-refractivity contribution < 1.29 is 5.11 Å². The van der Waals surface area contributed by atoms with E-state index in [9.17, 15) is 0 Å². The van der Waals surface area contributed by atoms with Crippen molar-refractivity contribution in [1.29, 1.82) is 0 Å². The Morgan fingerprint density at radius 1 is 1.62 bits per heavy atom. The molecule has 76 valence electrons. The summed E-state index contributed by atoms with van der Waals surface area (Å²) in [5, 5.41) is 9.10. The molecule has 3 heteroatoms. The van der Waals surface area contributed by atoms with E-state index < -0.39 is 0 Å². The molecule has 1 aliphatic rings. The molecule has 0 aromatic carbocycles. The van der Waals surface area contributed by atoms with Gasteiger partial charge in [0.05, 0.1) is 6.10 Å². The Kier molecular flexibility index (Phi) is 3.90. The molecule has 0 heterocycles. The molecule has 0 bridgehead atoms. The van der Waals surface area contributed by atoms with Crippen molar-refractivity contribution in [3.05, 3.63) is 12.2 Å². The average molecular weight is 184 g/mol. The molecule has 13 heavy (non-hydrogen) atoms. The first-order chi connectivity index (χ1) is 6.11. The summed E-state index contributed by atoms with van der Waals surface area (Å²) in [7, 11) is 2.07. The predicted molar refractivity (Wildman–Crippen MR) is 54.4 cm³/mol. The molecule has 0 unspecified atom stereocenters. The Morgan fingerprint density at radius 2 is 2.23 bits per heavy atom. The van der Waals surface area contributed by atoms with Crippen LogP contribution in [-0.4, -0.2) is 42.8 Å². The number of hydrogen-bond donors (Lipinski definition) is 2. The summed E-state index contributed by atoms with van der Waals surface area (Å²) in [6.07, 6.45) is 1.87. The second-order valence-corrected chi connectivity index (χ2v) is 4.14. The van der Waals surface area contributed by atoms with E-state index in [1.807, 2.05) is 0 Å². The third-order valence-electron chi connectivity index (χ3n) is 2.56. The normalized spacial score (nSPS) is 27.4. The van der Waals surface area contributed by atoms with Gasteiger partial charge in [-0.05, 0) is 31.4 Å². The Balaban J connectivity index is 2.11. The summed E-state index contributed by atoms with van der Waals surface area (Å²) in [5.41, 5.74) is 6.53. The summed E-state index contributed by atoms with van der Waals surface area (Å²) in [6, 6.07) is 0. The Morgan fingerprint density at radius 3 is 2.69 bits per heavy atom. The molecule has 0 radical (unpaired) electrons. The van der Waals surface area contributed by atoms with Gasteiger partial charge in [-0.2, -0.15) is 0 Å². The van der Waals surface area contributed by atoms with Crippen LogP contribution in [-0.2, 0) is 0 Å². The topological polar surface area (TPSA) is 49.5 Å². The zero-order valence-electron chi connectivity index (χ0n) is 8.37. The van der Waals surface area contributed by atoms with Crippen molar-refractivity contribution in [2.24, 2.45) is 11.7 Å². The van der Waals surface area contributed by atoms with Crippen molar-refractivity contribution in [1.82, 2.24) is 4.90 Å². The highest BCUT2D eigenvalue weighted by Gasteiger charge is 2.27. The lowest BCUT2D eigenvalue weighted by atomic mass is 9.82. The number of nitrogens with two attached hydrogens (primary N) is 1. The molecule has 1 rings (SSSR count). The van der Waals surface area contributed by atoms with Gasteiger partial charge in [0.1, 0.15) is 0 Å². The Labute approximate surface area is 80.2 Å². The fourth-order valence-corrected chi connectivity index (χ4v) is 1.80. The van der Waals surface area contributed by atoms with Gasteiger partial charge in [-0.3, -0.25) is 0 Å². The first kappa shape index (κ1) is 10.7. The highest BCUT2D eigenvalue weighted by Crippen LogP contribution is 2.27. The molecule has 0 spiro atoms. The number of rotatable bonds is 5. The van der Waals surface area contributed by atoms with Crippen LogP contribution in [0.25, 0.3) is 0 Å². The van der Waals surface area contributed by atoms with Crippen LogP contribution in [0.1, 0.15) is 12.8 Å². The molecule has 3 nitrogen and oxygen atoms in total. The first-order valence-corrected chi connectivity index (χ1v) is 4.85. The Hall–Kier alpha value is -0.380. The zero-order chi connectivity index (χ0) is 9.84. The second kappa shape index (κ2) is 4.74.